The van der Waals surface area contributed by atoms with Crippen molar-refractivity contribution >= 4 is 10.9 Å². The van der Waals surface area contributed by atoms with Crippen LogP contribution in [0.1, 0.15) is 37.9 Å². The fourth-order valence-electron chi connectivity index (χ4n) is 2.78. The van der Waals surface area contributed by atoms with Crippen LogP contribution in [-0.4, -0.2) is 18.2 Å². The number of fused-ring (bicyclic) bond motifs is 1. The van der Waals surface area contributed by atoms with E-state index in [9.17, 15) is 0 Å². The van der Waals surface area contributed by atoms with Crippen molar-refractivity contribution in [1.29, 1.82) is 0 Å². The topological polar surface area (TPSA) is 26.2 Å². The predicted octanol–water partition coefficient (Wildman–Crippen LogP) is 3.87. The number of methoxy groups -OCH3 is 1. The summed E-state index contributed by atoms with van der Waals surface area (Å²) >= 11 is 0. The molecule has 0 aliphatic heterocycles. The number of aromatic nitrogens is 1. The monoisotopic (exact) mass is 274 g/mol. The lowest BCUT2D eigenvalue weighted by Crippen LogP contribution is -2.14. The molecule has 0 radical (unpaired) electrons. The Morgan fingerprint density at radius 2 is 2.00 bits per heavy atom. The fraction of sp³-hybridized carbons (Fsp3) is 0.529. The summed E-state index contributed by atoms with van der Waals surface area (Å²) in [7, 11) is 1.73. The molecule has 2 rings (SSSR count). The van der Waals surface area contributed by atoms with E-state index in [0.29, 0.717) is 0 Å². The molecule has 0 unspecified atom stereocenters. The van der Waals surface area contributed by atoms with Crippen molar-refractivity contribution in [2.45, 2.75) is 46.7 Å². The van der Waals surface area contributed by atoms with Gasteiger partial charge in [0.15, 0.2) is 0 Å². The summed E-state index contributed by atoms with van der Waals surface area (Å²) in [5, 5.41) is 4.84. The molecule has 0 fully saturated rings. The number of aryl methyl sites for hydroxylation is 1. The lowest BCUT2D eigenvalue weighted by atomic mass is 10.1. The maximum Gasteiger partial charge on any atom is 0.119 e. The standard InChI is InChI=1S/C17H26N2O/c1-5-9-18-12-16-13(3)19(10-6-2)17-8-7-14(20-4)11-15(16)17/h7-8,11,18H,5-6,9-10,12H2,1-4H3. The van der Waals surface area contributed by atoms with E-state index in [1.807, 2.05) is 0 Å². The highest BCUT2D eigenvalue weighted by molar-refractivity contribution is 5.87. The van der Waals surface area contributed by atoms with Gasteiger partial charge >= 0.3 is 0 Å². The third kappa shape index (κ3) is 2.83. The molecule has 0 aliphatic carbocycles. The molecule has 0 saturated carbocycles. The second kappa shape index (κ2) is 6.80. The van der Waals surface area contributed by atoms with Gasteiger partial charge in [-0.25, -0.2) is 0 Å². The smallest absolute Gasteiger partial charge is 0.119 e. The summed E-state index contributed by atoms with van der Waals surface area (Å²) in [4.78, 5) is 0. The van der Waals surface area contributed by atoms with Crippen molar-refractivity contribution in [2.24, 2.45) is 0 Å². The maximum absolute atomic E-state index is 5.38. The zero-order valence-electron chi connectivity index (χ0n) is 13.1. The molecule has 1 aromatic carbocycles. The Labute approximate surface area is 121 Å². The fourth-order valence-corrected chi connectivity index (χ4v) is 2.78. The largest absolute Gasteiger partial charge is 0.497 e. The predicted molar refractivity (Wildman–Crippen MR) is 85.5 cm³/mol. The van der Waals surface area contributed by atoms with Crippen LogP contribution in [0.4, 0.5) is 0 Å². The van der Waals surface area contributed by atoms with Crippen LogP contribution in [0.15, 0.2) is 18.2 Å². The highest BCUT2D eigenvalue weighted by Gasteiger charge is 2.13. The van der Waals surface area contributed by atoms with Gasteiger partial charge in [-0.1, -0.05) is 13.8 Å². The molecule has 3 nitrogen and oxygen atoms in total. The first-order chi connectivity index (χ1) is 9.72. The molecular formula is C17H26N2O. The van der Waals surface area contributed by atoms with Crippen molar-refractivity contribution in [3.05, 3.63) is 29.5 Å². The molecule has 0 bridgehead atoms. The van der Waals surface area contributed by atoms with Crippen LogP contribution >= 0.6 is 0 Å². The van der Waals surface area contributed by atoms with Crippen molar-refractivity contribution in [3.63, 3.8) is 0 Å². The maximum atomic E-state index is 5.38. The Balaban J connectivity index is 2.48. The summed E-state index contributed by atoms with van der Waals surface area (Å²) in [5.41, 5.74) is 4.10. The number of nitrogens with zero attached hydrogens (tertiary/aromatic N) is 1. The quantitative estimate of drug-likeness (QED) is 0.776. The van der Waals surface area contributed by atoms with E-state index in [1.165, 1.54) is 22.2 Å². The Hall–Kier alpha value is -1.48. The van der Waals surface area contributed by atoms with Gasteiger partial charge in [0, 0.05) is 29.7 Å². The van der Waals surface area contributed by atoms with E-state index in [2.05, 4.69) is 48.9 Å². The lowest BCUT2D eigenvalue weighted by molar-refractivity contribution is 0.415. The van der Waals surface area contributed by atoms with Gasteiger partial charge in [-0.3, -0.25) is 0 Å². The van der Waals surface area contributed by atoms with Gasteiger partial charge < -0.3 is 14.6 Å². The van der Waals surface area contributed by atoms with E-state index in [1.54, 1.807) is 7.11 Å². The third-order valence-corrected chi connectivity index (χ3v) is 3.84. The van der Waals surface area contributed by atoms with Crippen LogP contribution in [0, 0.1) is 6.92 Å². The van der Waals surface area contributed by atoms with Crippen molar-refractivity contribution in [3.8, 4) is 5.75 Å². The van der Waals surface area contributed by atoms with Gasteiger partial charge in [-0.15, -0.1) is 0 Å². The van der Waals surface area contributed by atoms with E-state index in [-0.39, 0.29) is 0 Å². The number of rotatable bonds is 7. The Bertz CT molecular complexity index is 572. The second-order valence-corrected chi connectivity index (χ2v) is 5.28. The lowest BCUT2D eigenvalue weighted by Gasteiger charge is -2.07. The molecule has 2 aromatic rings. The van der Waals surface area contributed by atoms with Crippen LogP contribution < -0.4 is 10.1 Å². The molecule has 1 N–H and O–H groups in total. The first-order valence-corrected chi connectivity index (χ1v) is 7.59. The van der Waals surface area contributed by atoms with Crippen LogP contribution in [0.25, 0.3) is 10.9 Å². The van der Waals surface area contributed by atoms with Crippen LogP contribution in [0.2, 0.25) is 0 Å². The van der Waals surface area contributed by atoms with Gasteiger partial charge in [0.1, 0.15) is 5.75 Å². The van der Waals surface area contributed by atoms with Crippen molar-refractivity contribution < 1.29 is 4.74 Å². The molecule has 0 spiro atoms. The van der Waals surface area contributed by atoms with Gasteiger partial charge in [0.25, 0.3) is 0 Å². The highest BCUT2D eigenvalue weighted by atomic mass is 16.5. The summed E-state index contributed by atoms with van der Waals surface area (Å²) < 4.78 is 7.81. The number of benzene rings is 1. The van der Waals surface area contributed by atoms with E-state index >= 15 is 0 Å². The molecule has 0 atom stereocenters. The minimum absolute atomic E-state index is 0.931. The summed E-state index contributed by atoms with van der Waals surface area (Å²) in [5.74, 6) is 0.933. The molecule has 110 valence electrons. The SMILES string of the molecule is CCCNCc1c(C)n(CCC)c2ccc(OC)cc12. The van der Waals surface area contributed by atoms with E-state index in [4.69, 9.17) is 4.74 Å². The molecule has 3 heteroatoms. The number of hydrogen-bond acceptors (Lipinski definition) is 2. The number of ether oxygens (including phenoxy) is 1. The average Bonchev–Trinajstić information content (AvgIpc) is 2.72. The van der Waals surface area contributed by atoms with Crippen LogP contribution in [0.5, 0.6) is 5.75 Å². The van der Waals surface area contributed by atoms with E-state index < -0.39 is 0 Å². The molecule has 1 heterocycles. The molecule has 20 heavy (non-hydrogen) atoms. The Morgan fingerprint density at radius 3 is 2.65 bits per heavy atom. The molecule has 0 aliphatic rings. The zero-order chi connectivity index (χ0) is 14.5. The Kier molecular flexibility index (Phi) is 5.07. The van der Waals surface area contributed by atoms with Gasteiger partial charge in [0.2, 0.25) is 0 Å². The van der Waals surface area contributed by atoms with Gasteiger partial charge in [0.05, 0.1) is 7.11 Å². The van der Waals surface area contributed by atoms with Gasteiger partial charge in [-0.2, -0.15) is 0 Å². The van der Waals surface area contributed by atoms with Gasteiger partial charge in [-0.05, 0) is 50.1 Å². The summed E-state index contributed by atoms with van der Waals surface area (Å²) in [6.45, 7) is 9.71. The summed E-state index contributed by atoms with van der Waals surface area (Å²) in [6, 6.07) is 6.40. The van der Waals surface area contributed by atoms with Crippen molar-refractivity contribution in [1.82, 2.24) is 9.88 Å². The minimum Gasteiger partial charge on any atom is -0.497 e. The van der Waals surface area contributed by atoms with Crippen LogP contribution in [-0.2, 0) is 13.1 Å². The highest BCUT2D eigenvalue weighted by Crippen LogP contribution is 2.29. The normalized spacial score (nSPS) is 11.2. The first-order valence-electron chi connectivity index (χ1n) is 7.59. The third-order valence-electron chi connectivity index (χ3n) is 3.84. The molecule has 0 amide bonds. The van der Waals surface area contributed by atoms with Crippen molar-refractivity contribution in [2.75, 3.05) is 13.7 Å². The molecule has 0 saturated heterocycles. The average molecular weight is 274 g/mol. The number of nitrogens with one attached hydrogen (secondary N) is 1. The summed E-state index contributed by atoms with van der Waals surface area (Å²) in [6.07, 6.45) is 2.31. The number of hydrogen-bond donors (Lipinski definition) is 1. The second-order valence-electron chi connectivity index (χ2n) is 5.28. The van der Waals surface area contributed by atoms with E-state index in [0.717, 1.165) is 38.2 Å². The first kappa shape index (κ1) is 14.9. The molecule has 1 aromatic heterocycles. The minimum atomic E-state index is 0.931. The van der Waals surface area contributed by atoms with Crippen LogP contribution in [0.3, 0.4) is 0 Å². The Morgan fingerprint density at radius 1 is 1.20 bits per heavy atom. The zero-order valence-corrected chi connectivity index (χ0v) is 13.1. The molecular weight excluding hydrogens is 248 g/mol.